The summed E-state index contributed by atoms with van der Waals surface area (Å²) < 4.78 is 0. The molecule has 5 heteroatoms. The molecule has 1 aliphatic rings. The number of amides is 2. The van der Waals surface area contributed by atoms with E-state index in [9.17, 15) is 9.59 Å². The molecular formula is C23H29N3O2. The third-order valence-corrected chi connectivity index (χ3v) is 5.23. The Bertz CT molecular complexity index is 791. The quantitative estimate of drug-likeness (QED) is 0.774. The molecule has 2 N–H and O–H groups in total. The fourth-order valence-corrected chi connectivity index (χ4v) is 3.53. The predicted octanol–water partition coefficient (Wildman–Crippen LogP) is 3.49. The first kappa shape index (κ1) is 20.1. The average Bonchev–Trinajstić information content (AvgIpc) is 2.87. The molecule has 0 saturated carbocycles. The molecule has 0 spiro atoms. The van der Waals surface area contributed by atoms with E-state index in [2.05, 4.69) is 22.8 Å². The van der Waals surface area contributed by atoms with Crippen LogP contribution in [-0.4, -0.2) is 35.8 Å². The summed E-state index contributed by atoms with van der Waals surface area (Å²) in [5.41, 5.74) is 3.09. The van der Waals surface area contributed by atoms with E-state index < -0.39 is 0 Å². The molecule has 0 aliphatic carbocycles. The maximum Gasteiger partial charge on any atom is 0.225 e. The van der Waals surface area contributed by atoms with Gasteiger partial charge in [-0.25, -0.2) is 0 Å². The van der Waals surface area contributed by atoms with Crippen LogP contribution in [0.15, 0.2) is 54.6 Å². The minimum atomic E-state index is 0.0113. The lowest BCUT2D eigenvalue weighted by Gasteiger charge is -2.21. The maximum absolute atomic E-state index is 12.4. The molecule has 1 fully saturated rings. The monoisotopic (exact) mass is 379 g/mol. The van der Waals surface area contributed by atoms with Crippen molar-refractivity contribution in [3.63, 3.8) is 0 Å². The number of carbonyl (C=O) groups excluding carboxylic acids is 2. The van der Waals surface area contributed by atoms with Gasteiger partial charge in [-0.2, -0.15) is 0 Å². The fraction of sp³-hybridized carbons (Fsp3) is 0.391. The minimum absolute atomic E-state index is 0.0113. The number of nitrogens with one attached hydrogen (secondary N) is 2. The van der Waals surface area contributed by atoms with Gasteiger partial charge in [0.05, 0.1) is 0 Å². The van der Waals surface area contributed by atoms with Crippen LogP contribution in [0.5, 0.6) is 0 Å². The van der Waals surface area contributed by atoms with Crippen molar-refractivity contribution in [2.45, 2.75) is 45.2 Å². The van der Waals surface area contributed by atoms with Gasteiger partial charge >= 0.3 is 0 Å². The number of benzene rings is 2. The van der Waals surface area contributed by atoms with Crippen LogP contribution in [0.1, 0.15) is 36.8 Å². The van der Waals surface area contributed by atoms with Crippen molar-refractivity contribution < 1.29 is 9.59 Å². The van der Waals surface area contributed by atoms with E-state index in [1.807, 2.05) is 54.3 Å². The summed E-state index contributed by atoms with van der Waals surface area (Å²) >= 11 is 0. The van der Waals surface area contributed by atoms with E-state index in [-0.39, 0.29) is 17.9 Å². The van der Waals surface area contributed by atoms with Gasteiger partial charge in [0.1, 0.15) is 0 Å². The Labute approximate surface area is 167 Å². The first-order valence-electron chi connectivity index (χ1n) is 10.0. The lowest BCUT2D eigenvalue weighted by atomic mass is 10.1. The molecular weight excluding hydrogens is 350 g/mol. The fourth-order valence-electron chi connectivity index (χ4n) is 3.53. The Morgan fingerprint density at radius 2 is 1.82 bits per heavy atom. The second kappa shape index (κ2) is 10.0. The van der Waals surface area contributed by atoms with E-state index in [1.54, 1.807) is 0 Å². The van der Waals surface area contributed by atoms with E-state index in [1.165, 1.54) is 0 Å². The normalized spacial score (nSPS) is 17.2. The van der Waals surface area contributed by atoms with Crippen LogP contribution >= 0.6 is 0 Å². The van der Waals surface area contributed by atoms with Gasteiger partial charge in [-0.1, -0.05) is 48.5 Å². The van der Waals surface area contributed by atoms with Crippen molar-refractivity contribution in [2.24, 2.45) is 0 Å². The number of anilines is 1. The molecule has 1 saturated heterocycles. The summed E-state index contributed by atoms with van der Waals surface area (Å²) in [6.45, 7) is 4.03. The van der Waals surface area contributed by atoms with Crippen molar-refractivity contribution in [2.75, 3.05) is 18.4 Å². The van der Waals surface area contributed by atoms with Crippen molar-refractivity contribution in [3.05, 3.63) is 65.7 Å². The molecule has 0 aromatic heterocycles. The molecule has 1 unspecified atom stereocenters. The number of hydrogen-bond donors (Lipinski definition) is 2. The number of carbonyl (C=O) groups is 2. The van der Waals surface area contributed by atoms with Crippen LogP contribution in [0.3, 0.4) is 0 Å². The number of rotatable bonds is 7. The molecule has 1 heterocycles. The van der Waals surface area contributed by atoms with Crippen LogP contribution < -0.4 is 10.6 Å². The summed E-state index contributed by atoms with van der Waals surface area (Å²) in [4.78, 5) is 26.5. The molecule has 0 bridgehead atoms. The number of hydrogen-bond acceptors (Lipinski definition) is 3. The van der Waals surface area contributed by atoms with E-state index >= 15 is 0 Å². The highest BCUT2D eigenvalue weighted by Gasteiger charge is 2.22. The molecule has 28 heavy (non-hydrogen) atoms. The Kier molecular flexibility index (Phi) is 7.20. The van der Waals surface area contributed by atoms with Crippen LogP contribution in [0, 0.1) is 6.92 Å². The topological polar surface area (TPSA) is 61.4 Å². The van der Waals surface area contributed by atoms with Crippen LogP contribution in [0.4, 0.5) is 5.69 Å². The number of likely N-dealkylation sites (tertiary alicyclic amines) is 1. The summed E-state index contributed by atoms with van der Waals surface area (Å²) in [7, 11) is 0. The SMILES string of the molecule is Cc1ccccc1NC(=O)CCNC1CCC(=O)N(Cc2ccccc2)CC1. The highest BCUT2D eigenvalue weighted by atomic mass is 16.2. The zero-order valence-electron chi connectivity index (χ0n) is 16.5. The van der Waals surface area contributed by atoms with Gasteiger partial charge in [0, 0.05) is 44.2 Å². The standard InChI is InChI=1S/C23H29N3O2/c1-18-7-5-6-10-21(18)25-22(27)13-15-24-20-11-12-23(28)26(16-14-20)17-19-8-3-2-4-9-19/h2-10,20,24H,11-17H2,1H3,(H,25,27). The first-order valence-corrected chi connectivity index (χ1v) is 10.0. The molecule has 2 aromatic rings. The van der Waals surface area contributed by atoms with E-state index in [0.29, 0.717) is 25.9 Å². The Balaban J connectivity index is 1.41. The van der Waals surface area contributed by atoms with Gasteiger partial charge in [0.25, 0.3) is 0 Å². The van der Waals surface area contributed by atoms with Crippen molar-refractivity contribution >= 4 is 17.5 Å². The highest BCUT2D eigenvalue weighted by molar-refractivity contribution is 5.91. The average molecular weight is 380 g/mol. The Morgan fingerprint density at radius 3 is 2.61 bits per heavy atom. The number of aryl methyl sites for hydroxylation is 1. The van der Waals surface area contributed by atoms with Crippen LogP contribution in [-0.2, 0) is 16.1 Å². The van der Waals surface area contributed by atoms with Gasteiger partial charge in [0.2, 0.25) is 11.8 Å². The van der Waals surface area contributed by atoms with Crippen molar-refractivity contribution in [3.8, 4) is 0 Å². The molecule has 1 atom stereocenters. The third-order valence-electron chi connectivity index (χ3n) is 5.23. The second-order valence-electron chi connectivity index (χ2n) is 7.39. The maximum atomic E-state index is 12.4. The molecule has 2 aromatic carbocycles. The minimum Gasteiger partial charge on any atom is -0.338 e. The molecule has 2 amide bonds. The lowest BCUT2D eigenvalue weighted by molar-refractivity contribution is -0.131. The van der Waals surface area contributed by atoms with Gasteiger partial charge in [-0.15, -0.1) is 0 Å². The Morgan fingerprint density at radius 1 is 1.07 bits per heavy atom. The van der Waals surface area contributed by atoms with Gasteiger partial charge in [-0.05, 0) is 37.0 Å². The summed E-state index contributed by atoms with van der Waals surface area (Å²) in [5, 5.41) is 6.42. The molecule has 1 aliphatic heterocycles. The summed E-state index contributed by atoms with van der Waals surface area (Å²) in [6, 6.07) is 18.2. The molecule has 148 valence electrons. The Hall–Kier alpha value is -2.66. The smallest absolute Gasteiger partial charge is 0.225 e. The number of para-hydroxylation sites is 1. The van der Waals surface area contributed by atoms with Crippen molar-refractivity contribution in [1.29, 1.82) is 0 Å². The molecule has 3 rings (SSSR count). The zero-order valence-corrected chi connectivity index (χ0v) is 16.5. The first-order chi connectivity index (χ1) is 13.6. The van der Waals surface area contributed by atoms with Crippen LogP contribution in [0.25, 0.3) is 0 Å². The van der Waals surface area contributed by atoms with Crippen molar-refractivity contribution in [1.82, 2.24) is 10.2 Å². The largest absolute Gasteiger partial charge is 0.338 e. The summed E-state index contributed by atoms with van der Waals surface area (Å²) in [5.74, 6) is 0.225. The second-order valence-corrected chi connectivity index (χ2v) is 7.39. The van der Waals surface area contributed by atoms with E-state index in [4.69, 9.17) is 0 Å². The van der Waals surface area contributed by atoms with Gasteiger partial charge in [-0.3, -0.25) is 9.59 Å². The van der Waals surface area contributed by atoms with Gasteiger partial charge in [0.15, 0.2) is 0 Å². The third kappa shape index (κ3) is 5.92. The lowest BCUT2D eigenvalue weighted by Crippen LogP contribution is -2.33. The molecule has 0 radical (unpaired) electrons. The summed E-state index contributed by atoms with van der Waals surface area (Å²) in [6.07, 6.45) is 2.72. The van der Waals surface area contributed by atoms with Gasteiger partial charge < -0.3 is 15.5 Å². The molecule has 5 nitrogen and oxygen atoms in total. The highest BCUT2D eigenvalue weighted by Crippen LogP contribution is 2.16. The number of nitrogens with zero attached hydrogens (tertiary/aromatic N) is 1. The predicted molar refractivity (Wildman–Crippen MR) is 112 cm³/mol. The van der Waals surface area contributed by atoms with E-state index in [0.717, 1.165) is 36.2 Å². The zero-order chi connectivity index (χ0) is 19.8. The van der Waals surface area contributed by atoms with Crippen LogP contribution in [0.2, 0.25) is 0 Å².